The van der Waals surface area contributed by atoms with Crippen LogP contribution in [0, 0.1) is 11.8 Å². The molecule has 0 spiro atoms. The van der Waals surface area contributed by atoms with E-state index in [2.05, 4.69) is 46.2 Å². The number of aromatic hydroxyl groups is 1. The van der Waals surface area contributed by atoms with Crippen LogP contribution in [-0.4, -0.2) is 64.2 Å². The number of fused-ring (bicyclic) bond motifs is 2. The van der Waals surface area contributed by atoms with Crippen LogP contribution in [0.25, 0.3) is 10.8 Å². The van der Waals surface area contributed by atoms with Crippen molar-refractivity contribution in [2.24, 2.45) is 11.8 Å². The molecule has 6 atom stereocenters. The third-order valence-electron chi connectivity index (χ3n) is 11.3. The molecule has 38 heavy (non-hydrogen) atoms. The standard InChI is InChI=1S/C33H34N2O3/c36-25-10-9-23-16-29-33-12-11-27-30(32(33,26(23)17-25)13-14-34(29)18-20-5-6-20)28(38-33)19-35(27)31(37)24-8-7-21-3-1-2-4-22(21)15-24/h1-4,7-10,15,17,20,27-30,36H,5-6,11-14,16,18-19H2/t27-,28-,29-,30+,32+,33-/m1/s1. The average molecular weight is 507 g/mol. The minimum absolute atomic E-state index is 0.0589. The number of ether oxygens (including phenoxy) is 1. The number of carbonyl (C=O) groups is 1. The van der Waals surface area contributed by atoms with Gasteiger partial charge in [-0.05, 0) is 97.2 Å². The lowest BCUT2D eigenvalue weighted by Crippen LogP contribution is -2.74. The summed E-state index contributed by atoms with van der Waals surface area (Å²) in [5, 5.41) is 12.9. The molecule has 5 fully saturated rings. The molecule has 3 aromatic rings. The average Bonchev–Trinajstić information content (AvgIpc) is 3.63. The zero-order valence-corrected chi connectivity index (χ0v) is 21.7. The van der Waals surface area contributed by atoms with E-state index in [-0.39, 0.29) is 35.0 Å². The number of amides is 1. The Hall–Kier alpha value is -2.89. The molecule has 3 aliphatic carbocycles. The summed E-state index contributed by atoms with van der Waals surface area (Å²) in [7, 11) is 0. The van der Waals surface area contributed by atoms with Crippen molar-refractivity contribution in [2.75, 3.05) is 19.6 Å². The van der Waals surface area contributed by atoms with Crippen LogP contribution in [0.2, 0.25) is 0 Å². The van der Waals surface area contributed by atoms with Crippen molar-refractivity contribution in [3.8, 4) is 5.75 Å². The Morgan fingerprint density at radius 3 is 2.74 bits per heavy atom. The van der Waals surface area contributed by atoms with Gasteiger partial charge in [-0.3, -0.25) is 9.69 Å². The van der Waals surface area contributed by atoms with E-state index in [1.54, 1.807) is 0 Å². The highest BCUT2D eigenvalue weighted by Crippen LogP contribution is 2.69. The second-order valence-electron chi connectivity index (χ2n) is 12.9. The van der Waals surface area contributed by atoms with Gasteiger partial charge in [0.05, 0.1) is 11.7 Å². The normalized spacial score (nSPS) is 36.8. The van der Waals surface area contributed by atoms with E-state index in [9.17, 15) is 9.90 Å². The van der Waals surface area contributed by atoms with Gasteiger partial charge >= 0.3 is 0 Å². The maximum atomic E-state index is 14.0. The second-order valence-corrected chi connectivity index (χ2v) is 12.9. The minimum Gasteiger partial charge on any atom is -0.508 e. The lowest BCUT2D eigenvalue weighted by molar-refractivity contribution is -0.171. The first kappa shape index (κ1) is 22.0. The number of phenols is 1. The zero-order valence-electron chi connectivity index (χ0n) is 21.7. The highest BCUT2D eigenvalue weighted by molar-refractivity contribution is 5.99. The van der Waals surface area contributed by atoms with Crippen LogP contribution in [0.5, 0.6) is 5.75 Å². The monoisotopic (exact) mass is 506 g/mol. The van der Waals surface area contributed by atoms with Gasteiger partial charge in [-0.2, -0.15) is 0 Å². The molecular formula is C33H34N2O3. The minimum atomic E-state index is -0.204. The van der Waals surface area contributed by atoms with Crippen LogP contribution in [0.1, 0.15) is 53.6 Å². The summed E-state index contributed by atoms with van der Waals surface area (Å²) in [5.74, 6) is 1.63. The van der Waals surface area contributed by atoms with Crippen LogP contribution < -0.4 is 0 Å². The first-order valence-corrected chi connectivity index (χ1v) is 14.6. The quantitative estimate of drug-likeness (QED) is 0.549. The van der Waals surface area contributed by atoms with Crippen molar-refractivity contribution in [1.82, 2.24) is 9.80 Å². The van der Waals surface area contributed by atoms with Gasteiger partial charge in [0, 0.05) is 42.1 Å². The van der Waals surface area contributed by atoms with Crippen molar-refractivity contribution in [3.63, 3.8) is 0 Å². The SMILES string of the molecule is O=C(c1ccc2ccccc2c1)N1C[C@H]2O[C@@]34CC[C@@H]1[C@@H]2[C@@]31CCN(CC2CC2)[C@@H]4Cc2ccc(O)cc21. The molecule has 3 aromatic carbocycles. The van der Waals surface area contributed by atoms with E-state index in [1.807, 2.05) is 24.3 Å². The Morgan fingerprint density at radius 1 is 1.00 bits per heavy atom. The summed E-state index contributed by atoms with van der Waals surface area (Å²) in [5.41, 5.74) is 3.14. The number of nitrogens with zero attached hydrogens (tertiary/aromatic N) is 2. The van der Waals surface area contributed by atoms with Crippen LogP contribution in [0.3, 0.4) is 0 Å². The van der Waals surface area contributed by atoms with E-state index >= 15 is 0 Å². The van der Waals surface area contributed by atoms with Gasteiger partial charge in [0.1, 0.15) is 5.75 Å². The molecule has 3 aliphatic heterocycles. The number of carbonyl (C=O) groups excluding carboxylic acids is 1. The van der Waals surface area contributed by atoms with Crippen LogP contribution in [0.4, 0.5) is 0 Å². The van der Waals surface area contributed by atoms with Gasteiger partial charge in [0.25, 0.3) is 5.91 Å². The summed E-state index contributed by atoms with van der Waals surface area (Å²) in [6, 6.07) is 21.0. The summed E-state index contributed by atoms with van der Waals surface area (Å²) < 4.78 is 7.32. The lowest BCUT2D eigenvalue weighted by Gasteiger charge is -2.64. The topological polar surface area (TPSA) is 53.0 Å². The van der Waals surface area contributed by atoms with E-state index in [0.717, 1.165) is 54.5 Å². The first-order chi connectivity index (χ1) is 18.6. The van der Waals surface area contributed by atoms with Gasteiger partial charge in [0.2, 0.25) is 0 Å². The number of benzene rings is 3. The molecular weight excluding hydrogens is 472 g/mol. The first-order valence-electron chi connectivity index (χ1n) is 14.6. The molecule has 6 aliphatic rings. The molecule has 9 rings (SSSR count). The predicted octanol–water partition coefficient (Wildman–Crippen LogP) is 4.90. The van der Waals surface area contributed by atoms with E-state index in [0.29, 0.717) is 18.3 Å². The highest BCUT2D eigenvalue weighted by atomic mass is 16.5. The molecule has 4 bridgehead atoms. The number of hydrogen-bond acceptors (Lipinski definition) is 4. The molecule has 3 saturated heterocycles. The molecule has 3 heterocycles. The maximum Gasteiger partial charge on any atom is 0.254 e. The van der Waals surface area contributed by atoms with Crippen molar-refractivity contribution in [2.45, 2.75) is 67.7 Å². The third kappa shape index (κ3) is 2.67. The number of rotatable bonds is 3. The van der Waals surface area contributed by atoms with E-state index < -0.39 is 0 Å². The third-order valence-corrected chi connectivity index (χ3v) is 11.3. The van der Waals surface area contributed by atoms with Crippen LogP contribution in [0.15, 0.2) is 60.7 Å². The predicted molar refractivity (Wildman–Crippen MR) is 145 cm³/mol. The van der Waals surface area contributed by atoms with Crippen molar-refractivity contribution < 1.29 is 14.6 Å². The van der Waals surface area contributed by atoms with Crippen molar-refractivity contribution >= 4 is 16.7 Å². The van der Waals surface area contributed by atoms with Gasteiger partial charge < -0.3 is 14.7 Å². The fraction of sp³-hybridized carbons (Fsp3) is 0.485. The zero-order chi connectivity index (χ0) is 25.2. The molecule has 5 nitrogen and oxygen atoms in total. The van der Waals surface area contributed by atoms with Gasteiger partial charge in [-0.25, -0.2) is 0 Å². The summed E-state index contributed by atoms with van der Waals surface area (Å²) in [4.78, 5) is 19.0. The summed E-state index contributed by atoms with van der Waals surface area (Å²) in [6.45, 7) is 2.97. The lowest BCUT2D eigenvalue weighted by atomic mass is 9.46. The molecule has 1 amide bonds. The van der Waals surface area contributed by atoms with E-state index in [1.165, 1.54) is 30.5 Å². The Balaban J connectivity index is 1.14. The Morgan fingerprint density at radius 2 is 1.87 bits per heavy atom. The fourth-order valence-electron chi connectivity index (χ4n) is 9.74. The fourth-order valence-corrected chi connectivity index (χ4v) is 9.74. The maximum absolute atomic E-state index is 14.0. The Kier molecular flexibility index (Phi) is 4.28. The van der Waals surface area contributed by atoms with Crippen LogP contribution >= 0.6 is 0 Å². The van der Waals surface area contributed by atoms with Gasteiger partial charge in [0.15, 0.2) is 0 Å². The largest absolute Gasteiger partial charge is 0.508 e. The highest BCUT2D eigenvalue weighted by Gasteiger charge is 2.78. The Bertz CT molecular complexity index is 1500. The van der Waals surface area contributed by atoms with Crippen molar-refractivity contribution in [3.05, 3.63) is 77.4 Å². The number of hydrogen-bond donors (Lipinski definition) is 1. The second kappa shape index (κ2) is 7.40. The molecule has 194 valence electrons. The van der Waals surface area contributed by atoms with Crippen molar-refractivity contribution in [1.29, 1.82) is 0 Å². The summed E-state index contributed by atoms with van der Waals surface area (Å²) in [6.07, 6.45) is 6.86. The molecule has 0 unspecified atom stereocenters. The molecule has 1 N–H and O–H groups in total. The molecule has 0 aromatic heterocycles. The number of likely N-dealkylation sites (tertiary alicyclic amines) is 2. The summed E-state index contributed by atoms with van der Waals surface area (Å²) >= 11 is 0. The molecule has 5 heteroatoms. The number of phenolic OH excluding ortho intramolecular Hbond substituents is 1. The number of piperidine rings is 1. The van der Waals surface area contributed by atoms with Crippen LogP contribution in [-0.2, 0) is 16.6 Å². The molecule has 2 saturated carbocycles. The molecule has 0 radical (unpaired) electrons. The van der Waals surface area contributed by atoms with E-state index in [4.69, 9.17) is 4.74 Å². The van der Waals surface area contributed by atoms with Gasteiger partial charge in [-0.1, -0.05) is 36.4 Å². The Labute approximate surface area is 223 Å². The smallest absolute Gasteiger partial charge is 0.254 e. The van der Waals surface area contributed by atoms with Gasteiger partial charge in [-0.15, -0.1) is 0 Å².